The zero-order valence-electron chi connectivity index (χ0n) is 13.1. The van der Waals surface area contributed by atoms with Crippen LogP contribution in [0.25, 0.3) is 20.2 Å². The van der Waals surface area contributed by atoms with Crippen molar-refractivity contribution >= 4 is 45.7 Å². The van der Waals surface area contributed by atoms with Crippen LogP contribution in [0.2, 0.25) is 0 Å². The number of thiophene rings is 2. The molecular weight excluding hydrogens is 338 g/mol. The lowest BCUT2D eigenvalue weighted by molar-refractivity contribution is 0.940. The first-order chi connectivity index (χ1) is 11.2. The van der Waals surface area contributed by atoms with Gasteiger partial charge in [-0.3, -0.25) is 0 Å². The lowest BCUT2D eigenvalue weighted by Gasteiger charge is -2.02. The molecule has 0 saturated heterocycles. The van der Waals surface area contributed by atoms with E-state index in [4.69, 9.17) is 0 Å². The van der Waals surface area contributed by atoms with Crippen molar-refractivity contribution in [3.63, 3.8) is 0 Å². The molecule has 0 aliphatic rings. The highest BCUT2D eigenvalue weighted by Crippen LogP contribution is 2.38. The quantitative estimate of drug-likeness (QED) is 0.350. The summed E-state index contributed by atoms with van der Waals surface area (Å²) >= 11 is 8.43. The van der Waals surface area contributed by atoms with Crippen LogP contribution in [0.3, 0.4) is 0 Å². The molecule has 1 aromatic carbocycles. The van der Waals surface area contributed by atoms with Gasteiger partial charge in [-0.15, -0.1) is 22.7 Å². The second-order valence-corrected chi connectivity index (χ2v) is 7.82. The summed E-state index contributed by atoms with van der Waals surface area (Å²) in [7, 11) is 0. The molecule has 2 aromatic heterocycles. The Morgan fingerprint density at radius 3 is 2.48 bits per heavy atom. The van der Waals surface area contributed by atoms with Crippen molar-refractivity contribution in [2.75, 3.05) is 0 Å². The van der Waals surface area contributed by atoms with Crippen LogP contribution in [-0.4, -0.2) is 5.16 Å². The summed E-state index contributed by atoms with van der Waals surface area (Å²) in [6.07, 6.45) is 2.37. The van der Waals surface area contributed by atoms with E-state index in [2.05, 4.69) is 72.6 Å². The molecule has 116 valence electrons. The van der Waals surface area contributed by atoms with Crippen molar-refractivity contribution in [3.8, 4) is 20.2 Å². The number of rotatable bonds is 5. The molecule has 2 heterocycles. The molecule has 0 bridgehead atoms. The summed E-state index contributed by atoms with van der Waals surface area (Å²) in [6.45, 7) is 4.28. The predicted octanol–water partition coefficient (Wildman–Crippen LogP) is 7.14. The Kier molecular flexibility index (Phi) is 5.19. The van der Waals surface area contributed by atoms with Crippen LogP contribution in [0, 0.1) is 6.92 Å². The number of isothiocyanates is 1. The second-order valence-electron chi connectivity index (χ2n) is 5.38. The molecule has 3 rings (SSSR count). The normalized spacial score (nSPS) is 10.5. The van der Waals surface area contributed by atoms with E-state index in [0.717, 1.165) is 11.3 Å². The minimum absolute atomic E-state index is 0.892. The van der Waals surface area contributed by atoms with Crippen molar-refractivity contribution in [3.05, 3.63) is 52.9 Å². The molecular formula is C19H17NS3. The Balaban J connectivity index is 1.89. The van der Waals surface area contributed by atoms with Crippen LogP contribution >= 0.6 is 34.9 Å². The number of thiocarbonyl (C=S) groups is 1. The van der Waals surface area contributed by atoms with Crippen molar-refractivity contribution < 1.29 is 0 Å². The third-order valence-electron chi connectivity index (χ3n) is 3.65. The highest BCUT2D eigenvalue weighted by molar-refractivity contribution is 7.78. The van der Waals surface area contributed by atoms with E-state index in [9.17, 15) is 0 Å². The van der Waals surface area contributed by atoms with Crippen LogP contribution < -0.4 is 0 Å². The summed E-state index contributed by atoms with van der Waals surface area (Å²) in [6, 6.07) is 15.2. The van der Waals surface area contributed by atoms with Gasteiger partial charge in [0.2, 0.25) is 0 Å². The summed E-state index contributed by atoms with van der Waals surface area (Å²) < 4.78 is 0. The van der Waals surface area contributed by atoms with Gasteiger partial charge in [0.1, 0.15) is 0 Å². The lowest BCUT2D eigenvalue weighted by atomic mass is 10.1. The van der Waals surface area contributed by atoms with Gasteiger partial charge in [-0.05, 0) is 73.1 Å². The topological polar surface area (TPSA) is 12.4 Å². The molecule has 0 fully saturated rings. The van der Waals surface area contributed by atoms with Gasteiger partial charge in [0.05, 0.1) is 10.8 Å². The standard InChI is InChI=1S/C19H17NS3/c1-3-4-15-6-8-18(22-15)19-10-9-17(23-19)14-5-7-16(20-12-21)13(2)11-14/h5-11H,3-4H2,1-2H3. The van der Waals surface area contributed by atoms with Crippen molar-refractivity contribution in [2.45, 2.75) is 26.7 Å². The van der Waals surface area contributed by atoms with Crippen molar-refractivity contribution in [1.82, 2.24) is 0 Å². The van der Waals surface area contributed by atoms with Crippen LogP contribution in [0.5, 0.6) is 0 Å². The summed E-state index contributed by atoms with van der Waals surface area (Å²) in [5.41, 5.74) is 3.24. The van der Waals surface area contributed by atoms with E-state index >= 15 is 0 Å². The maximum Gasteiger partial charge on any atom is 0.0769 e. The maximum atomic E-state index is 4.68. The largest absolute Gasteiger partial charge is 0.194 e. The summed E-state index contributed by atoms with van der Waals surface area (Å²) in [5.74, 6) is 0. The van der Waals surface area contributed by atoms with Crippen LogP contribution in [-0.2, 0) is 6.42 Å². The van der Waals surface area contributed by atoms with Gasteiger partial charge in [-0.25, -0.2) is 0 Å². The Morgan fingerprint density at radius 2 is 1.74 bits per heavy atom. The van der Waals surface area contributed by atoms with Gasteiger partial charge in [-0.1, -0.05) is 19.4 Å². The Hall–Kier alpha value is -1.58. The average molecular weight is 356 g/mol. The molecule has 0 N–H and O–H groups in total. The van der Waals surface area contributed by atoms with Gasteiger partial charge in [0, 0.05) is 19.5 Å². The highest BCUT2D eigenvalue weighted by atomic mass is 32.1. The summed E-state index contributed by atoms with van der Waals surface area (Å²) in [5, 5.41) is 2.43. The minimum Gasteiger partial charge on any atom is -0.194 e. The highest BCUT2D eigenvalue weighted by Gasteiger charge is 2.08. The lowest BCUT2D eigenvalue weighted by Crippen LogP contribution is -1.77. The third kappa shape index (κ3) is 3.67. The fraction of sp³-hybridized carbons (Fsp3) is 0.211. The molecule has 23 heavy (non-hydrogen) atoms. The summed E-state index contributed by atoms with van der Waals surface area (Å²) in [4.78, 5) is 9.54. The van der Waals surface area contributed by atoms with Gasteiger partial charge in [-0.2, -0.15) is 4.99 Å². The average Bonchev–Trinajstić information content (AvgIpc) is 3.19. The van der Waals surface area contributed by atoms with Gasteiger partial charge in [0.25, 0.3) is 0 Å². The van der Waals surface area contributed by atoms with Crippen molar-refractivity contribution in [1.29, 1.82) is 0 Å². The smallest absolute Gasteiger partial charge is 0.0769 e. The number of nitrogens with zero attached hydrogens (tertiary/aromatic N) is 1. The molecule has 0 radical (unpaired) electrons. The molecule has 0 spiro atoms. The SMILES string of the molecule is CCCc1ccc(-c2ccc(-c3ccc(N=C=S)c(C)c3)s2)s1. The molecule has 0 atom stereocenters. The zero-order valence-corrected chi connectivity index (χ0v) is 15.6. The third-order valence-corrected chi connectivity index (χ3v) is 6.22. The van der Waals surface area contributed by atoms with Gasteiger partial charge >= 0.3 is 0 Å². The van der Waals surface area contributed by atoms with E-state index in [1.807, 2.05) is 28.7 Å². The number of hydrogen-bond donors (Lipinski definition) is 0. The first-order valence-electron chi connectivity index (χ1n) is 7.59. The van der Waals surface area contributed by atoms with Gasteiger partial charge < -0.3 is 0 Å². The number of hydrogen-bond acceptors (Lipinski definition) is 4. The predicted molar refractivity (Wildman–Crippen MR) is 106 cm³/mol. The molecule has 3 aromatic rings. The Morgan fingerprint density at radius 1 is 1.00 bits per heavy atom. The van der Waals surface area contributed by atoms with E-state index in [-0.39, 0.29) is 0 Å². The van der Waals surface area contributed by atoms with Crippen LogP contribution in [0.4, 0.5) is 5.69 Å². The fourth-order valence-corrected chi connectivity index (χ4v) is 4.80. The Labute approximate surface area is 150 Å². The first kappa shape index (κ1) is 16.3. The van der Waals surface area contributed by atoms with Crippen LogP contribution in [0.15, 0.2) is 47.5 Å². The van der Waals surface area contributed by atoms with Crippen LogP contribution in [0.1, 0.15) is 23.8 Å². The molecule has 0 unspecified atom stereocenters. The van der Waals surface area contributed by atoms with Gasteiger partial charge in [0.15, 0.2) is 0 Å². The molecule has 1 nitrogen and oxygen atoms in total. The van der Waals surface area contributed by atoms with E-state index in [1.165, 1.54) is 37.9 Å². The van der Waals surface area contributed by atoms with E-state index < -0.39 is 0 Å². The number of benzene rings is 1. The fourth-order valence-electron chi connectivity index (χ4n) is 2.50. The minimum atomic E-state index is 0.892. The molecule has 0 aliphatic heterocycles. The molecule has 0 aliphatic carbocycles. The molecule has 4 heteroatoms. The number of aryl methyl sites for hydroxylation is 2. The second kappa shape index (κ2) is 7.33. The number of aliphatic imine (C=N–C) groups is 1. The van der Waals surface area contributed by atoms with Crippen molar-refractivity contribution in [2.24, 2.45) is 4.99 Å². The maximum absolute atomic E-state index is 4.68. The Bertz CT molecular complexity index is 866. The molecule has 0 amide bonds. The molecule has 0 saturated carbocycles. The first-order valence-corrected chi connectivity index (χ1v) is 9.63. The van der Waals surface area contributed by atoms with E-state index in [0.29, 0.717) is 0 Å². The monoisotopic (exact) mass is 355 g/mol. The zero-order chi connectivity index (χ0) is 16.2. The van der Waals surface area contributed by atoms with E-state index in [1.54, 1.807) is 0 Å².